The lowest BCUT2D eigenvalue weighted by atomic mass is 9.92. The first kappa shape index (κ1) is 16.8. The van der Waals surface area contributed by atoms with Gasteiger partial charge in [-0.15, -0.1) is 0 Å². The molecule has 114 valence electrons. The largest absolute Gasteiger partial charge is 0.497 e. The van der Waals surface area contributed by atoms with Crippen LogP contribution in [-0.4, -0.2) is 33.8 Å². The fourth-order valence-electron chi connectivity index (χ4n) is 2.33. The zero-order valence-electron chi connectivity index (χ0n) is 13.9. The summed E-state index contributed by atoms with van der Waals surface area (Å²) in [6.07, 6.45) is 0. The van der Waals surface area contributed by atoms with E-state index in [9.17, 15) is 0 Å². The van der Waals surface area contributed by atoms with Crippen LogP contribution in [0.15, 0.2) is 24.3 Å². The summed E-state index contributed by atoms with van der Waals surface area (Å²) < 4.78 is 5.20. The average Bonchev–Trinajstić information content (AvgIpc) is 2.37. The van der Waals surface area contributed by atoms with E-state index >= 15 is 0 Å². The van der Waals surface area contributed by atoms with Crippen molar-refractivity contribution >= 4 is 5.69 Å². The Labute approximate surface area is 124 Å². The Hall–Kier alpha value is -1.22. The van der Waals surface area contributed by atoms with Crippen LogP contribution < -0.4 is 15.0 Å². The van der Waals surface area contributed by atoms with Gasteiger partial charge in [0, 0.05) is 25.8 Å². The number of hydrogen-bond acceptors (Lipinski definition) is 3. The minimum atomic E-state index is 0.240. The van der Waals surface area contributed by atoms with Gasteiger partial charge in [-0.25, -0.2) is 0 Å². The average molecular weight is 278 g/mol. The van der Waals surface area contributed by atoms with Gasteiger partial charge in [-0.05, 0) is 42.1 Å². The van der Waals surface area contributed by atoms with Gasteiger partial charge in [-0.1, -0.05) is 27.7 Å². The molecule has 0 aliphatic rings. The summed E-state index contributed by atoms with van der Waals surface area (Å²) in [5.41, 5.74) is 1.46. The quantitative estimate of drug-likeness (QED) is 0.788. The second-order valence-electron chi connectivity index (χ2n) is 6.74. The molecule has 1 rings (SSSR count). The Morgan fingerprint density at radius 3 is 2.30 bits per heavy atom. The van der Waals surface area contributed by atoms with E-state index in [1.54, 1.807) is 7.11 Å². The lowest BCUT2D eigenvalue weighted by molar-refractivity contribution is 0.338. The first-order valence-corrected chi connectivity index (χ1v) is 7.40. The maximum Gasteiger partial charge on any atom is 0.119 e. The van der Waals surface area contributed by atoms with Gasteiger partial charge < -0.3 is 15.0 Å². The minimum absolute atomic E-state index is 0.240. The van der Waals surface area contributed by atoms with Crippen LogP contribution in [0.3, 0.4) is 0 Å². The number of methoxy groups -OCH3 is 1. The van der Waals surface area contributed by atoms with Crippen LogP contribution in [0.25, 0.3) is 0 Å². The Morgan fingerprint density at radius 2 is 1.80 bits per heavy atom. The number of nitrogens with one attached hydrogen (secondary N) is 1. The number of benzene rings is 1. The monoisotopic (exact) mass is 278 g/mol. The van der Waals surface area contributed by atoms with Crippen molar-refractivity contribution in [2.75, 3.05) is 38.7 Å². The zero-order chi connectivity index (χ0) is 15.2. The molecule has 1 N–H and O–H groups in total. The molecule has 0 saturated carbocycles. The smallest absolute Gasteiger partial charge is 0.119 e. The van der Waals surface area contributed by atoms with E-state index in [1.807, 2.05) is 12.1 Å². The van der Waals surface area contributed by atoms with Gasteiger partial charge in [0.05, 0.1) is 7.11 Å². The summed E-state index contributed by atoms with van der Waals surface area (Å²) >= 11 is 0. The predicted octanol–water partition coefficient (Wildman–Crippen LogP) is 3.40. The summed E-state index contributed by atoms with van der Waals surface area (Å²) in [4.78, 5) is 2.30. The van der Waals surface area contributed by atoms with Crippen molar-refractivity contribution in [3.63, 3.8) is 0 Å². The molecule has 1 aromatic carbocycles. The fraction of sp³-hybridized carbons (Fsp3) is 0.647. The molecule has 1 aromatic rings. The van der Waals surface area contributed by atoms with Crippen LogP contribution in [0.5, 0.6) is 5.75 Å². The highest BCUT2D eigenvalue weighted by Crippen LogP contribution is 2.22. The molecule has 0 aliphatic heterocycles. The third kappa shape index (κ3) is 5.83. The number of anilines is 1. The second-order valence-corrected chi connectivity index (χ2v) is 6.74. The highest BCUT2D eigenvalue weighted by atomic mass is 16.5. The molecule has 0 amide bonds. The standard InChI is InChI=1S/C17H30N2O/c1-14(2)11-18-12-17(3,4)13-19(5)15-7-9-16(20-6)10-8-15/h7-10,14,18H,11-13H2,1-6H3. The SMILES string of the molecule is COc1ccc(N(C)CC(C)(C)CNCC(C)C)cc1. The van der Waals surface area contributed by atoms with Gasteiger partial charge in [0.1, 0.15) is 5.75 Å². The van der Waals surface area contributed by atoms with E-state index in [1.165, 1.54) is 5.69 Å². The lowest BCUT2D eigenvalue weighted by Gasteiger charge is -2.32. The topological polar surface area (TPSA) is 24.5 Å². The van der Waals surface area contributed by atoms with Crippen LogP contribution in [0, 0.1) is 11.3 Å². The fourth-order valence-corrected chi connectivity index (χ4v) is 2.33. The lowest BCUT2D eigenvalue weighted by Crippen LogP contribution is -2.40. The van der Waals surface area contributed by atoms with E-state index in [0.29, 0.717) is 5.92 Å². The van der Waals surface area contributed by atoms with Crippen molar-refractivity contribution < 1.29 is 4.74 Å². The van der Waals surface area contributed by atoms with Crippen molar-refractivity contribution in [2.45, 2.75) is 27.7 Å². The number of nitrogens with zero attached hydrogens (tertiary/aromatic N) is 1. The van der Waals surface area contributed by atoms with Crippen molar-refractivity contribution in [2.24, 2.45) is 11.3 Å². The van der Waals surface area contributed by atoms with E-state index < -0.39 is 0 Å². The van der Waals surface area contributed by atoms with Crippen molar-refractivity contribution in [3.8, 4) is 5.75 Å². The van der Waals surface area contributed by atoms with Gasteiger partial charge in [0.25, 0.3) is 0 Å². The molecule has 0 bridgehead atoms. The van der Waals surface area contributed by atoms with Crippen LogP contribution in [0.1, 0.15) is 27.7 Å². The predicted molar refractivity (Wildman–Crippen MR) is 87.8 cm³/mol. The molecule has 0 heterocycles. The molecule has 0 unspecified atom stereocenters. The van der Waals surface area contributed by atoms with Crippen molar-refractivity contribution in [1.29, 1.82) is 0 Å². The Bertz CT molecular complexity index is 384. The minimum Gasteiger partial charge on any atom is -0.497 e. The summed E-state index contributed by atoms with van der Waals surface area (Å²) in [6.45, 7) is 12.2. The molecule has 0 fully saturated rings. The van der Waals surface area contributed by atoms with E-state index in [0.717, 1.165) is 25.4 Å². The summed E-state index contributed by atoms with van der Waals surface area (Å²) in [5.74, 6) is 1.60. The highest BCUT2D eigenvalue weighted by Gasteiger charge is 2.20. The van der Waals surface area contributed by atoms with Gasteiger partial charge in [-0.2, -0.15) is 0 Å². The second kappa shape index (κ2) is 7.53. The Morgan fingerprint density at radius 1 is 1.20 bits per heavy atom. The molecule has 0 aliphatic carbocycles. The van der Waals surface area contributed by atoms with Gasteiger partial charge in [-0.3, -0.25) is 0 Å². The molecule has 0 saturated heterocycles. The maximum atomic E-state index is 5.20. The van der Waals surface area contributed by atoms with E-state index in [4.69, 9.17) is 4.74 Å². The molecule has 3 nitrogen and oxygen atoms in total. The molecule has 0 spiro atoms. The van der Waals surface area contributed by atoms with Crippen LogP contribution >= 0.6 is 0 Å². The third-order valence-corrected chi connectivity index (χ3v) is 3.33. The first-order valence-electron chi connectivity index (χ1n) is 7.40. The van der Waals surface area contributed by atoms with Crippen LogP contribution in [0.2, 0.25) is 0 Å². The van der Waals surface area contributed by atoms with Gasteiger partial charge in [0.2, 0.25) is 0 Å². The number of ether oxygens (including phenoxy) is 1. The molecule has 0 aromatic heterocycles. The Kier molecular flexibility index (Phi) is 6.34. The van der Waals surface area contributed by atoms with E-state index in [-0.39, 0.29) is 5.41 Å². The van der Waals surface area contributed by atoms with Crippen LogP contribution in [-0.2, 0) is 0 Å². The molecule has 3 heteroatoms. The summed E-state index contributed by atoms with van der Waals surface area (Å²) in [7, 11) is 3.84. The maximum absolute atomic E-state index is 5.20. The third-order valence-electron chi connectivity index (χ3n) is 3.33. The van der Waals surface area contributed by atoms with Crippen molar-refractivity contribution in [1.82, 2.24) is 5.32 Å². The molecule has 0 atom stereocenters. The molecule has 20 heavy (non-hydrogen) atoms. The Balaban J connectivity index is 2.51. The first-order chi connectivity index (χ1) is 9.34. The molecule has 0 radical (unpaired) electrons. The number of rotatable bonds is 8. The van der Waals surface area contributed by atoms with Gasteiger partial charge >= 0.3 is 0 Å². The van der Waals surface area contributed by atoms with Crippen molar-refractivity contribution in [3.05, 3.63) is 24.3 Å². The normalized spacial score (nSPS) is 11.8. The highest BCUT2D eigenvalue weighted by molar-refractivity contribution is 5.48. The van der Waals surface area contributed by atoms with E-state index in [2.05, 4.69) is 57.1 Å². The van der Waals surface area contributed by atoms with Gasteiger partial charge in [0.15, 0.2) is 0 Å². The zero-order valence-corrected chi connectivity index (χ0v) is 13.9. The molecular formula is C17H30N2O. The molecular weight excluding hydrogens is 248 g/mol. The summed E-state index contributed by atoms with van der Waals surface area (Å²) in [6, 6.07) is 8.23. The summed E-state index contributed by atoms with van der Waals surface area (Å²) in [5, 5.41) is 3.55. The van der Waals surface area contributed by atoms with Crippen LogP contribution in [0.4, 0.5) is 5.69 Å². The number of hydrogen-bond donors (Lipinski definition) is 1.